The zero-order valence-corrected chi connectivity index (χ0v) is 27.5. The Balaban J connectivity index is 1.13. The SMILES string of the molecule is NC(C1=CC=C(c2ccc3ccccc3n2)NC1)N(Cc1cc2ccccc2c2ccccc12)/N=C/c1cc2ccccc2c2ccccc12. The molecule has 1 unspecified atom stereocenters. The number of nitrogens with zero attached hydrogens (tertiary/aromatic N) is 3. The quantitative estimate of drug-likeness (QED) is 0.0784. The largest absolute Gasteiger partial charge is 0.379 e. The van der Waals surface area contributed by atoms with Crippen molar-refractivity contribution in [3.05, 3.63) is 180 Å². The Morgan fingerprint density at radius 3 is 1.96 bits per heavy atom. The standard InChI is InChI=1S/C45H35N5/c46-45(33-22-23-43(47-27-33)44-24-21-30-11-3-10-20-42(30)49-44)50(29-35-26-32-13-2-5-15-37(32)41-19-9-7-17-39(35)41)48-28-34-25-31-12-1-4-14-36(31)40-18-8-6-16-38(34)40/h1-26,28,45,47H,27,29,46H2/b48-28+. The number of allylic oxidation sites excluding steroid dienone is 2. The molecule has 8 aromatic rings. The lowest BCUT2D eigenvalue weighted by molar-refractivity contribution is 0.226. The van der Waals surface area contributed by atoms with Gasteiger partial charge in [0.25, 0.3) is 0 Å². The Morgan fingerprint density at radius 2 is 1.24 bits per heavy atom. The van der Waals surface area contributed by atoms with Crippen molar-refractivity contribution in [2.45, 2.75) is 12.7 Å². The molecule has 240 valence electrons. The Hall–Kier alpha value is -6.30. The first-order chi connectivity index (χ1) is 24.7. The summed E-state index contributed by atoms with van der Waals surface area (Å²) in [5, 5.41) is 21.6. The van der Waals surface area contributed by atoms with Crippen molar-refractivity contribution in [1.82, 2.24) is 15.3 Å². The monoisotopic (exact) mass is 645 g/mol. The van der Waals surface area contributed by atoms with E-state index in [9.17, 15) is 0 Å². The normalized spacial score (nSPS) is 13.9. The van der Waals surface area contributed by atoms with E-state index in [1.807, 2.05) is 29.4 Å². The first-order valence-electron chi connectivity index (χ1n) is 17.1. The molecule has 0 radical (unpaired) electrons. The van der Waals surface area contributed by atoms with E-state index in [2.05, 4.69) is 145 Å². The lowest BCUT2D eigenvalue weighted by Crippen LogP contribution is -2.43. The molecule has 1 aliphatic rings. The maximum Gasteiger partial charge on any atom is 0.118 e. The van der Waals surface area contributed by atoms with Crippen LogP contribution in [0, 0.1) is 0 Å². The van der Waals surface area contributed by atoms with Gasteiger partial charge < -0.3 is 11.1 Å². The zero-order chi connectivity index (χ0) is 33.4. The molecule has 0 fully saturated rings. The van der Waals surface area contributed by atoms with Gasteiger partial charge in [-0.25, -0.2) is 4.98 Å². The minimum atomic E-state index is -0.474. The summed E-state index contributed by atoms with van der Waals surface area (Å²) in [5.41, 5.74) is 13.3. The topological polar surface area (TPSA) is 66.5 Å². The molecule has 50 heavy (non-hydrogen) atoms. The average molecular weight is 646 g/mol. The van der Waals surface area contributed by atoms with Gasteiger partial charge in [-0.1, -0.05) is 127 Å². The van der Waals surface area contributed by atoms with Crippen molar-refractivity contribution in [2.24, 2.45) is 10.8 Å². The van der Waals surface area contributed by atoms with Gasteiger partial charge in [0.15, 0.2) is 0 Å². The smallest absolute Gasteiger partial charge is 0.118 e. The van der Waals surface area contributed by atoms with Gasteiger partial charge in [-0.2, -0.15) is 5.10 Å². The number of aromatic nitrogens is 1. The molecule has 2 heterocycles. The maximum atomic E-state index is 7.18. The second kappa shape index (κ2) is 12.6. The molecule has 1 aliphatic heterocycles. The van der Waals surface area contributed by atoms with Crippen LogP contribution in [0.25, 0.3) is 59.7 Å². The summed E-state index contributed by atoms with van der Waals surface area (Å²) in [7, 11) is 0. The predicted octanol–water partition coefficient (Wildman–Crippen LogP) is 9.54. The van der Waals surface area contributed by atoms with Gasteiger partial charge in [0, 0.05) is 17.5 Å². The molecular formula is C45H35N5. The molecule has 0 amide bonds. The number of hydrazone groups is 1. The summed E-state index contributed by atoms with van der Waals surface area (Å²) < 4.78 is 0. The molecule has 5 heteroatoms. The fourth-order valence-corrected chi connectivity index (χ4v) is 7.27. The molecule has 0 saturated carbocycles. The molecule has 3 N–H and O–H groups in total. The summed E-state index contributed by atoms with van der Waals surface area (Å²) >= 11 is 0. The fourth-order valence-electron chi connectivity index (χ4n) is 7.27. The highest BCUT2D eigenvalue weighted by Crippen LogP contribution is 2.31. The van der Waals surface area contributed by atoms with Gasteiger partial charge in [0.2, 0.25) is 0 Å². The summed E-state index contributed by atoms with van der Waals surface area (Å²) in [6, 6.07) is 51.2. The third-order valence-electron chi connectivity index (χ3n) is 9.85. The zero-order valence-electron chi connectivity index (χ0n) is 27.5. The molecule has 5 nitrogen and oxygen atoms in total. The number of rotatable bonds is 7. The van der Waals surface area contributed by atoms with Gasteiger partial charge in [-0.3, -0.25) is 5.01 Å². The van der Waals surface area contributed by atoms with Crippen molar-refractivity contribution in [1.29, 1.82) is 0 Å². The van der Waals surface area contributed by atoms with Crippen LogP contribution in [0.15, 0.2) is 168 Å². The van der Waals surface area contributed by atoms with Crippen LogP contribution < -0.4 is 11.1 Å². The second-order valence-corrected chi connectivity index (χ2v) is 12.9. The predicted molar refractivity (Wildman–Crippen MR) is 210 cm³/mol. The number of hydrogen-bond acceptors (Lipinski definition) is 5. The Labute approximate surface area is 290 Å². The van der Waals surface area contributed by atoms with Crippen LogP contribution in [-0.2, 0) is 6.54 Å². The number of nitrogens with one attached hydrogen (secondary N) is 1. The molecule has 1 aromatic heterocycles. The Bertz CT molecular complexity index is 2670. The van der Waals surface area contributed by atoms with Crippen LogP contribution in [0.1, 0.15) is 16.8 Å². The van der Waals surface area contributed by atoms with E-state index in [-0.39, 0.29) is 0 Å². The minimum Gasteiger partial charge on any atom is -0.379 e. The summed E-state index contributed by atoms with van der Waals surface area (Å²) in [5.74, 6) is 0. The van der Waals surface area contributed by atoms with Gasteiger partial charge >= 0.3 is 0 Å². The van der Waals surface area contributed by atoms with E-state index in [1.54, 1.807) is 0 Å². The molecule has 0 saturated heterocycles. The van der Waals surface area contributed by atoms with Crippen LogP contribution in [0.4, 0.5) is 0 Å². The third kappa shape index (κ3) is 5.44. The van der Waals surface area contributed by atoms with Gasteiger partial charge in [0.05, 0.1) is 29.7 Å². The lowest BCUT2D eigenvalue weighted by atomic mass is 9.97. The number of nitrogens with two attached hydrogens (primary N) is 1. The van der Waals surface area contributed by atoms with E-state index < -0.39 is 6.17 Å². The summed E-state index contributed by atoms with van der Waals surface area (Å²) in [4.78, 5) is 4.90. The highest BCUT2D eigenvalue weighted by Gasteiger charge is 2.21. The molecule has 0 bridgehead atoms. The molecule has 0 aliphatic carbocycles. The second-order valence-electron chi connectivity index (χ2n) is 12.9. The number of para-hydroxylation sites is 1. The van der Waals surface area contributed by atoms with Crippen LogP contribution in [0.5, 0.6) is 0 Å². The molecular weight excluding hydrogens is 611 g/mol. The number of hydrogen-bond donors (Lipinski definition) is 2. The first-order valence-corrected chi connectivity index (χ1v) is 17.1. The Morgan fingerprint density at radius 1 is 0.640 bits per heavy atom. The van der Waals surface area contributed by atoms with E-state index in [0.29, 0.717) is 13.1 Å². The van der Waals surface area contributed by atoms with Gasteiger partial charge in [-0.05, 0) is 84.6 Å². The fraction of sp³-hybridized carbons (Fsp3) is 0.0667. The maximum absolute atomic E-state index is 7.18. The van der Waals surface area contributed by atoms with Crippen LogP contribution in [-0.4, -0.2) is 28.9 Å². The van der Waals surface area contributed by atoms with E-state index in [1.165, 1.54) is 43.3 Å². The molecule has 1 atom stereocenters. The molecule has 7 aromatic carbocycles. The van der Waals surface area contributed by atoms with Gasteiger partial charge in [-0.15, -0.1) is 0 Å². The number of pyridine rings is 1. The van der Waals surface area contributed by atoms with Crippen molar-refractivity contribution in [3.63, 3.8) is 0 Å². The number of benzene rings is 7. The minimum absolute atomic E-state index is 0.474. The average Bonchev–Trinajstić information content (AvgIpc) is 3.19. The number of fused-ring (bicyclic) bond motifs is 7. The Kier molecular flexibility index (Phi) is 7.52. The van der Waals surface area contributed by atoms with Gasteiger partial charge in [0.1, 0.15) is 6.17 Å². The van der Waals surface area contributed by atoms with Crippen molar-refractivity contribution in [2.75, 3.05) is 6.54 Å². The van der Waals surface area contributed by atoms with Crippen molar-refractivity contribution in [3.8, 4) is 0 Å². The number of dihydropyridines is 1. The van der Waals surface area contributed by atoms with Crippen molar-refractivity contribution < 1.29 is 0 Å². The summed E-state index contributed by atoms with van der Waals surface area (Å²) in [6.07, 6.45) is 5.72. The van der Waals surface area contributed by atoms with Crippen LogP contribution in [0.3, 0.4) is 0 Å². The highest BCUT2D eigenvalue weighted by atomic mass is 15.5. The van der Waals surface area contributed by atoms with Crippen molar-refractivity contribution >= 4 is 65.9 Å². The van der Waals surface area contributed by atoms with Crippen LogP contribution >= 0.6 is 0 Å². The third-order valence-corrected chi connectivity index (χ3v) is 9.85. The molecule has 0 spiro atoms. The van der Waals surface area contributed by atoms with Crippen LogP contribution in [0.2, 0.25) is 0 Å². The summed E-state index contributed by atoms with van der Waals surface area (Å²) in [6.45, 7) is 1.12. The van der Waals surface area contributed by atoms with E-state index >= 15 is 0 Å². The lowest BCUT2D eigenvalue weighted by Gasteiger charge is -2.30. The van der Waals surface area contributed by atoms with E-state index in [4.69, 9.17) is 15.8 Å². The first kappa shape index (κ1) is 29.8. The highest BCUT2D eigenvalue weighted by molar-refractivity contribution is 6.14. The molecule has 9 rings (SSSR count). The van der Waals surface area contributed by atoms with E-state index in [0.717, 1.165) is 38.8 Å².